The number of anilines is 1. The monoisotopic (exact) mass is 358 g/mol. The molecule has 0 saturated carbocycles. The van der Waals surface area contributed by atoms with Gasteiger partial charge in [-0.25, -0.2) is 4.98 Å². The Morgan fingerprint density at radius 1 is 1.12 bits per heavy atom. The van der Waals surface area contributed by atoms with Crippen molar-refractivity contribution in [3.63, 3.8) is 0 Å². The molecule has 2 fully saturated rings. The number of amides is 1. The van der Waals surface area contributed by atoms with Gasteiger partial charge in [0.15, 0.2) is 0 Å². The van der Waals surface area contributed by atoms with Crippen molar-refractivity contribution >= 4 is 11.6 Å². The van der Waals surface area contributed by atoms with Crippen LogP contribution in [-0.2, 0) is 0 Å². The van der Waals surface area contributed by atoms with Crippen molar-refractivity contribution in [3.05, 3.63) is 24.0 Å². The van der Waals surface area contributed by atoms with Crippen LogP contribution in [-0.4, -0.2) is 55.1 Å². The van der Waals surface area contributed by atoms with Crippen molar-refractivity contribution in [2.45, 2.75) is 52.0 Å². The van der Waals surface area contributed by atoms with Crippen molar-refractivity contribution in [2.75, 3.05) is 38.1 Å². The summed E-state index contributed by atoms with van der Waals surface area (Å²) < 4.78 is 0. The molecule has 2 aliphatic rings. The lowest BCUT2D eigenvalue weighted by Crippen LogP contribution is -2.39. The molecule has 26 heavy (non-hydrogen) atoms. The van der Waals surface area contributed by atoms with Crippen molar-refractivity contribution < 1.29 is 4.79 Å². The minimum absolute atomic E-state index is 0.126. The molecule has 0 spiro atoms. The Balaban J connectivity index is 1.44. The first kappa shape index (κ1) is 19.2. The van der Waals surface area contributed by atoms with Crippen molar-refractivity contribution in [1.29, 1.82) is 0 Å². The van der Waals surface area contributed by atoms with Crippen LogP contribution in [0, 0.1) is 11.8 Å². The van der Waals surface area contributed by atoms with Crippen LogP contribution in [0.4, 0.5) is 5.69 Å². The zero-order valence-electron chi connectivity index (χ0n) is 16.6. The Labute approximate surface area is 158 Å². The van der Waals surface area contributed by atoms with Gasteiger partial charge in [0.1, 0.15) is 5.69 Å². The fourth-order valence-electron chi connectivity index (χ4n) is 4.44. The number of carbonyl (C=O) groups excluding carboxylic acids is 1. The lowest BCUT2D eigenvalue weighted by Gasteiger charge is -2.38. The number of pyridine rings is 1. The van der Waals surface area contributed by atoms with Gasteiger partial charge in [-0.3, -0.25) is 4.79 Å². The third-order valence-corrected chi connectivity index (χ3v) is 6.23. The standard InChI is InChI=1S/C21H34N4O/c1-16(2)24-10-6-17(7-11-24)14-18-8-12-25(13-9-18)19-4-5-20(23-15-19)21(26)22-3/h4-5,15-18H,6-14H2,1-3H3,(H,22,26). The molecule has 144 valence electrons. The van der Waals surface area contributed by atoms with Crippen LogP contribution in [0.25, 0.3) is 0 Å². The van der Waals surface area contributed by atoms with Crippen molar-refractivity contribution in [1.82, 2.24) is 15.2 Å². The van der Waals surface area contributed by atoms with Crippen LogP contribution in [0.15, 0.2) is 18.3 Å². The molecule has 1 amide bonds. The first-order valence-corrected chi connectivity index (χ1v) is 10.2. The number of aromatic nitrogens is 1. The molecule has 0 radical (unpaired) electrons. The Hall–Kier alpha value is -1.62. The van der Waals surface area contributed by atoms with E-state index in [0.29, 0.717) is 11.7 Å². The summed E-state index contributed by atoms with van der Waals surface area (Å²) in [6.45, 7) is 9.40. The normalized spacial score (nSPS) is 20.5. The average molecular weight is 359 g/mol. The van der Waals surface area contributed by atoms with E-state index in [9.17, 15) is 4.79 Å². The van der Waals surface area contributed by atoms with Gasteiger partial charge in [-0.15, -0.1) is 0 Å². The Bertz CT molecular complexity index is 570. The number of nitrogens with zero attached hydrogens (tertiary/aromatic N) is 3. The molecule has 0 unspecified atom stereocenters. The van der Waals surface area contributed by atoms with Crippen molar-refractivity contribution in [3.8, 4) is 0 Å². The summed E-state index contributed by atoms with van der Waals surface area (Å²) >= 11 is 0. The number of likely N-dealkylation sites (tertiary alicyclic amines) is 1. The number of hydrogen-bond donors (Lipinski definition) is 1. The van der Waals surface area contributed by atoms with Gasteiger partial charge in [0.25, 0.3) is 5.91 Å². The molecule has 3 heterocycles. The van der Waals surface area contributed by atoms with E-state index in [0.717, 1.165) is 30.6 Å². The Morgan fingerprint density at radius 3 is 2.23 bits per heavy atom. The molecule has 2 aliphatic heterocycles. The number of hydrogen-bond acceptors (Lipinski definition) is 4. The highest BCUT2D eigenvalue weighted by molar-refractivity contribution is 5.92. The zero-order valence-corrected chi connectivity index (χ0v) is 16.6. The van der Waals surface area contributed by atoms with Gasteiger partial charge in [-0.2, -0.15) is 0 Å². The molecule has 1 aromatic rings. The molecule has 0 bridgehead atoms. The number of carbonyl (C=O) groups is 1. The fraction of sp³-hybridized carbons (Fsp3) is 0.714. The van der Waals surface area contributed by atoms with Crippen LogP contribution in [0.2, 0.25) is 0 Å². The molecule has 3 rings (SSSR count). The van der Waals surface area contributed by atoms with E-state index in [1.165, 1.54) is 45.2 Å². The van der Waals surface area contributed by atoms with Crippen LogP contribution >= 0.6 is 0 Å². The smallest absolute Gasteiger partial charge is 0.269 e. The number of piperidine rings is 2. The third kappa shape index (κ3) is 4.76. The van der Waals surface area contributed by atoms with Crippen LogP contribution < -0.4 is 10.2 Å². The first-order valence-electron chi connectivity index (χ1n) is 10.2. The maximum absolute atomic E-state index is 11.6. The SMILES string of the molecule is CNC(=O)c1ccc(N2CCC(CC3CCN(C(C)C)CC3)CC2)cn1. The summed E-state index contributed by atoms with van der Waals surface area (Å²) in [6, 6.07) is 4.55. The summed E-state index contributed by atoms with van der Waals surface area (Å²) in [5, 5.41) is 2.62. The summed E-state index contributed by atoms with van der Waals surface area (Å²) in [6.07, 6.45) is 8.57. The molecular formula is C21H34N4O. The molecule has 5 heteroatoms. The second-order valence-electron chi connectivity index (χ2n) is 8.22. The van der Waals surface area contributed by atoms with Gasteiger partial charge in [-0.1, -0.05) is 0 Å². The highest BCUT2D eigenvalue weighted by Gasteiger charge is 2.26. The summed E-state index contributed by atoms with van der Waals surface area (Å²) in [4.78, 5) is 20.9. The molecule has 0 atom stereocenters. The fourth-order valence-corrected chi connectivity index (χ4v) is 4.44. The quantitative estimate of drug-likeness (QED) is 0.878. The molecule has 5 nitrogen and oxygen atoms in total. The van der Waals surface area contributed by atoms with Gasteiger partial charge in [0, 0.05) is 26.2 Å². The predicted molar refractivity (Wildman–Crippen MR) is 107 cm³/mol. The maximum Gasteiger partial charge on any atom is 0.269 e. The molecule has 2 saturated heterocycles. The minimum atomic E-state index is -0.126. The highest BCUT2D eigenvalue weighted by Crippen LogP contribution is 2.31. The van der Waals surface area contributed by atoms with E-state index in [1.54, 1.807) is 7.05 Å². The Morgan fingerprint density at radius 2 is 1.73 bits per heavy atom. The predicted octanol–water partition coefficient (Wildman–Crippen LogP) is 3.17. The largest absolute Gasteiger partial charge is 0.370 e. The van der Waals surface area contributed by atoms with E-state index in [2.05, 4.69) is 33.9 Å². The van der Waals surface area contributed by atoms with Crippen LogP contribution in [0.3, 0.4) is 0 Å². The molecule has 0 aliphatic carbocycles. The van der Waals surface area contributed by atoms with Gasteiger partial charge < -0.3 is 15.1 Å². The second-order valence-corrected chi connectivity index (χ2v) is 8.22. The lowest BCUT2D eigenvalue weighted by atomic mass is 9.82. The van der Waals surface area contributed by atoms with Crippen LogP contribution in [0.1, 0.15) is 56.4 Å². The number of rotatable bonds is 5. The summed E-state index contributed by atoms with van der Waals surface area (Å²) in [5.41, 5.74) is 1.63. The molecule has 1 aromatic heterocycles. The van der Waals surface area contributed by atoms with E-state index in [1.807, 2.05) is 18.3 Å². The zero-order chi connectivity index (χ0) is 18.5. The summed E-state index contributed by atoms with van der Waals surface area (Å²) in [7, 11) is 1.63. The lowest BCUT2D eigenvalue weighted by molar-refractivity contribution is 0.0958. The molecule has 0 aromatic carbocycles. The van der Waals surface area contributed by atoms with Crippen molar-refractivity contribution in [2.24, 2.45) is 11.8 Å². The summed E-state index contributed by atoms with van der Waals surface area (Å²) in [5.74, 6) is 1.67. The van der Waals surface area contributed by atoms with Gasteiger partial charge in [0.2, 0.25) is 0 Å². The third-order valence-electron chi connectivity index (χ3n) is 6.23. The van der Waals surface area contributed by atoms with Gasteiger partial charge in [-0.05, 0) is 83.0 Å². The van der Waals surface area contributed by atoms with Gasteiger partial charge >= 0.3 is 0 Å². The second kappa shape index (κ2) is 8.85. The van der Waals surface area contributed by atoms with E-state index in [4.69, 9.17) is 0 Å². The molecular weight excluding hydrogens is 324 g/mol. The maximum atomic E-state index is 11.6. The van der Waals surface area contributed by atoms with E-state index in [-0.39, 0.29) is 5.91 Å². The van der Waals surface area contributed by atoms with E-state index < -0.39 is 0 Å². The van der Waals surface area contributed by atoms with Gasteiger partial charge in [0.05, 0.1) is 11.9 Å². The Kier molecular flexibility index (Phi) is 6.52. The number of nitrogens with one attached hydrogen (secondary N) is 1. The van der Waals surface area contributed by atoms with Crippen LogP contribution in [0.5, 0.6) is 0 Å². The minimum Gasteiger partial charge on any atom is -0.370 e. The average Bonchev–Trinajstić information content (AvgIpc) is 2.68. The highest BCUT2D eigenvalue weighted by atomic mass is 16.1. The topological polar surface area (TPSA) is 48.5 Å². The van der Waals surface area contributed by atoms with E-state index >= 15 is 0 Å². The first-order chi connectivity index (χ1) is 12.6. The molecule has 1 N–H and O–H groups in total.